The molecule has 0 saturated heterocycles. The van der Waals surface area contributed by atoms with Crippen LogP contribution in [0.5, 0.6) is 0 Å². The van der Waals surface area contributed by atoms with Gasteiger partial charge in [-0.15, -0.1) is 0 Å². The highest BCUT2D eigenvalue weighted by Gasteiger charge is 2.30. The Kier molecular flexibility index (Phi) is 3.59. The number of benzene rings is 1. The second-order valence-corrected chi connectivity index (χ2v) is 5.77. The molecule has 1 amide bonds. The maximum Gasteiger partial charge on any atom is 0.226 e. The highest BCUT2D eigenvalue weighted by Crippen LogP contribution is 2.42. The van der Waals surface area contributed by atoms with Crippen LogP contribution in [-0.4, -0.2) is 17.4 Å². The minimum absolute atomic E-state index is 0.175. The summed E-state index contributed by atoms with van der Waals surface area (Å²) in [7, 11) is 0. The molecule has 4 nitrogen and oxygen atoms in total. The number of amides is 1. The average molecular weight is 309 g/mol. The number of anilines is 2. The van der Waals surface area contributed by atoms with Crippen molar-refractivity contribution in [1.29, 1.82) is 0 Å². The Morgan fingerprint density at radius 3 is 2.95 bits per heavy atom. The maximum absolute atomic E-state index is 13.4. The first-order chi connectivity index (χ1) is 10.1. The number of fused-ring (bicyclic) bond motifs is 1. The van der Waals surface area contributed by atoms with E-state index < -0.39 is 11.6 Å². The van der Waals surface area contributed by atoms with E-state index in [2.05, 4.69) is 15.6 Å². The highest BCUT2D eigenvalue weighted by atomic mass is 32.1. The molecule has 21 heavy (non-hydrogen) atoms. The number of thiazole rings is 1. The zero-order valence-electron chi connectivity index (χ0n) is 11.2. The van der Waals surface area contributed by atoms with Crippen LogP contribution in [0, 0.1) is 11.6 Å². The fourth-order valence-corrected chi connectivity index (χ4v) is 3.46. The fourth-order valence-electron chi connectivity index (χ4n) is 2.34. The SMILES string of the molecule is CCNc1nc2c(s1)[C@@H](c1ccc(F)c(F)c1)CC(=O)N2. The van der Waals surface area contributed by atoms with Crippen molar-refractivity contribution in [1.82, 2.24) is 4.98 Å². The van der Waals surface area contributed by atoms with Crippen molar-refractivity contribution in [2.45, 2.75) is 19.3 Å². The van der Waals surface area contributed by atoms with Gasteiger partial charge in [0, 0.05) is 18.9 Å². The second kappa shape index (κ2) is 5.40. The molecular weight excluding hydrogens is 296 g/mol. The summed E-state index contributed by atoms with van der Waals surface area (Å²) < 4.78 is 26.5. The Balaban J connectivity index is 2.03. The second-order valence-electron chi connectivity index (χ2n) is 4.74. The van der Waals surface area contributed by atoms with Gasteiger partial charge in [-0.25, -0.2) is 13.8 Å². The quantitative estimate of drug-likeness (QED) is 0.914. The van der Waals surface area contributed by atoms with Gasteiger partial charge >= 0.3 is 0 Å². The van der Waals surface area contributed by atoms with Crippen LogP contribution < -0.4 is 10.6 Å². The van der Waals surface area contributed by atoms with Gasteiger partial charge in [-0.3, -0.25) is 4.79 Å². The van der Waals surface area contributed by atoms with Crippen molar-refractivity contribution in [2.24, 2.45) is 0 Å². The lowest BCUT2D eigenvalue weighted by Crippen LogP contribution is -2.22. The zero-order valence-corrected chi connectivity index (χ0v) is 12.1. The molecule has 7 heteroatoms. The topological polar surface area (TPSA) is 54.0 Å². The summed E-state index contributed by atoms with van der Waals surface area (Å²) in [5.74, 6) is -1.77. The predicted octanol–water partition coefficient (Wildman–Crippen LogP) is 3.33. The number of carbonyl (C=O) groups is 1. The van der Waals surface area contributed by atoms with Crippen LogP contribution in [0.25, 0.3) is 0 Å². The maximum atomic E-state index is 13.4. The molecule has 2 aromatic rings. The van der Waals surface area contributed by atoms with E-state index in [-0.39, 0.29) is 18.2 Å². The van der Waals surface area contributed by atoms with Crippen molar-refractivity contribution in [3.8, 4) is 0 Å². The molecule has 1 aliphatic heterocycles. The Morgan fingerprint density at radius 1 is 1.43 bits per heavy atom. The Morgan fingerprint density at radius 2 is 2.24 bits per heavy atom. The van der Waals surface area contributed by atoms with E-state index in [1.54, 1.807) is 0 Å². The molecule has 0 bridgehead atoms. The summed E-state index contributed by atoms with van der Waals surface area (Å²) in [4.78, 5) is 17.0. The number of carbonyl (C=O) groups excluding carboxylic acids is 1. The van der Waals surface area contributed by atoms with Crippen LogP contribution in [-0.2, 0) is 4.79 Å². The molecule has 0 saturated carbocycles. The summed E-state index contributed by atoms with van der Waals surface area (Å²) in [6, 6.07) is 3.75. The van der Waals surface area contributed by atoms with E-state index in [4.69, 9.17) is 0 Å². The summed E-state index contributed by atoms with van der Waals surface area (Å²) in [5.41, 5.74) is 0.580. The summed E-state index contributed by atoms with van der Waals surface area (Å²) >= 11 is 1.42. The van der Waals surface area contributed by atoms with Crippen LogP contribution in [0.1, 0.15) is 29.7 Å². The van der Waals surface area contributed by atoms with Crippen LogP contribution in [0.4, 0.5) is 19.7 Å². The van der Waals surface area contributed by atoms with E-state index >= 15 is 0 Å². The zero-order chi connectivity index (χ0) is 15.0. The van der Waals surface area contributed by atoms with Crippen LogP contribution in [0.15, 0.2) is 18.2 Å². The molecule has 0 fully saturated rings. The first kappa shape index (κ1) is 13.9. The smallest absolute Gasteiger partial charge is 0.226 e. The molecular formula is C14H13F2N3OS. The van der Waals surface area contributed by atoms with Gasteiger partial charge in [0.2, 0.25) is 5.91 Å². The minimum atomic E-state index is -0.906. The molecule has 0 radical (unpaired) electrons. The molecule has 1 aliphatic rings. The number of nitrogens with zero attached hydrogens (tertiary/aromatic N) is 1. The molecule has 110 valence electrons. The van der Waals surface area contributed by atoms with Gasteiger partial charge in [-0.05, 0) is 24.6 Å². The van der Waals surface area contributed by atoms with E-state index in [9.17, 15) is 13.6 Å². The Hall–Kier alpha value is -2.02. The molecule has 0 unspecified atom stereocenters. The lowest BCUT2D eigenvalue weighted by Gasteiger charge is -2.21. The normalized spacial score (nSPS) is 17.3. The van der Waals surface area contributed by atoms with Gasteiger partial charge in [-0.1, -0.05) is 17.4 Å². The lowest BCUT2D eigenvalue weighted by molar-refractivity contribution is -0.116. The third kappa shape index (κ3) is 2.61. The summed E-state index contributed by atoms with van der Waals surface area (Å²) in [6.45, 7) is 2.67. The molecule has 3 rings (SSSR count). The monoisotopic (exact) mass is 309 g/mol. The number of hydrogen-bond donors (Lipinski definition) is 2. The van der Waals surface area contributed by atoms with E-state index in [0.29, 0.717) is 16.5 Å². The third-order valence-electron chi connectivity index (χ3n) is 3.29. The molecule has 2 N–H and O–H groups in total. The molecule has 0 aliphatic carbocycles. The van der Waals surface area contributed by atoms with E-state index in [0.717, 1.165) is 23.6 Å². The van der Waals surface area contributed by atoms with Crippen molar-refractivity contribution >= 4 is 28.2 Å². The first-order valence-electron chi connectivity index (χ1n) is 6.58. The number of rotatable bonds is 3. The highest BCUT2D eigenvalue weighted by molar-refractivity contribution is 7.16. The van der Waals surface area contributed by atoms with Gasteiger partial charge in [-0.2, -0.15) is 0 Å². The standard InChI is InChI=1S/C14H13F2N3OS/c1-2-17-14-19-13-12(21-14)8(6-11(20)18-13)7-3-4-9(15)10(16)5-7/h3-5,8H,2,6H2,1H3,(H,17,19)(H,18,20)/t8-/m1/s1. The number of hydrogen-bond acceptors (Lipinski definition) is 4. The summed E-state index contributed by atoms with van der Waals surface area (Å²) in [5, 5.41) is 6.52. The third-order valence-corrected chi connectivity index (χ3v) is 4.42. The van der Waals surface area contributed by atoms with Crippen molar-refractivity contribution in [3.63, 3.8) is 0 Å². The van der Waals surface area contributed by atoms with Crippen LogP contribution in [0.3, 0.4) is 0 Å². The fraction of sp³-hybridized carbons (Fsp3) is 0.286. The minimum Gasteiger partial charge on any atom is -0.362 e. The van der Waals surface area contributed by atoms with Gasteiger partial charge in [0.15, 0.2) is 16.8 Å². The molecule has 1 aromatic carbocycles. The van der Waals surface area contributed by atoms with Gasteiger partial charge in [0.25, 0.3) is 0 Å². The van der Waals surface area contributed by atoms with E-state index in [1.165, 1.54) is 17.4 Å². The number of nitrogens with one attached hydrogen (secondary N) is 2. The predicted molar refractivity (Wildman–Crippen MR) is 77.7 cm³/mol. The van der Waals surface area contributed by atoms with Crippen molar-refractivity contribution in [3.05, 3.63) is 40.3 Å². The molecule has 0 spiro atoms. The van der Waals surface area contributed by atoms with Crippen LogP contribution in [0.2, 0.25) is 0 Å². The number of halogens is 2. The Bertz CT molecular complexity index is 702. The van der Waals surface area contributed by atoms with Gasteiger partial charge < -0.3 is 10.6 Å². The molecule has 1 aromatic heterocycles. The van der Waals surface area contributed by atoms with Gasteiger partial charge in [0.1, 0.15) is 5.82 Å². The largest absolute Gasteiger partial charge is 0.362 e. The van der Waals surface area contributed by atoms with Crippen molar-refractivity contribution in [2.75, 3.05) is 17.2 Å². The van der Waals surface area contributed by atoms with Gasteiger partial charge in [0.05, 0.1) is 4.88 Å². The van der Waals surface area contributed by atoms with Crippen molar-refractivity contribution < 1.29 is 13.6 Å². The number of aromatic nitrogens is 1. The lowest BCUT2D eigenvalue weighted by atomic mass is 9.91. The molecule has 1 atom stereocenters. The first-order valence-corrected chi connectivity index (χ1v) is 7.39. The average Bonchev–Trinajstić information content (AvgIpc) is 2.83. The molecule has 2 heterocycles. The summed E-state index contributed by atoms with van der Waals surface area (Å²) in [6.07, 6.45) is 0.200. The van der Waals surface area contributed by atoms with E-state index in [1.807, 2.05) is 6.92 Å². The van der Waals surface area contributed by atoms with Crippen LogP contribution >= 0.6 is 11.3 Å². The Labute approximate surface area is 124 Å².